The highest BCUT2D eigenvalue weighted by atomic mass is 19.1. The monoisotopic (exact) mass is 666 g/mol. The quantitative estimate of drug-likeness (QED) is 0.108. The Morgan fingerprint density at radius 1 is 0.500 bits per heavy atom. The van der Waals surface area contributed by atoms with Crippen LogP contribution in [0.25, 0.3) is 0 Å². The van der Waals surface area contributed by atoms with Crippen LogP contribution in [-0.2, 0) is 0 Å². The first-order valence-electron chi connectivity index (χ1n) is 16.8. The lowest BCUT2D eigenvalue weighted by Gasteiger charge is -2.30. The topological polar surface area (TPSA) is 168 Å². The average Bonchev–Trinajstić information content (AvgIpc) is 4.00. The number of hydrogen-bond acceptors (Lipinski definition) is 10. The zero-order valence-corrected chi connectivity index (χ0v) is 27.1. The summed E-state index contributed by atoms with van der Waals surface area (Å²) in [7, 11) is 0. The molecule has 2 aliphatic carbocycles. The molecule has 0 spiro atoms. The zero-order chi connectivity index (χ0) is 34.5. The van der Waals surface area contributed by atoms with Gasteiger partial charge >= 0.3 is 0 Å². The van der Waals surface area contributed by atoms with E-state index < -0.39 is 48.8 Å². The molecule has 0 bridgehead atoms. The summed E-state index contributed by atoms with van der Waals surface area (Å²) >= 11 is 0. The fourth-order valence-electron chi connectivity index (χ4n) is 6.96. The molecule has 48 heavy (non-hydrogen) atoms. The van der Waals surface area contributed by atoms with Crippen molar-refractivity contribution in [3.63, 3.8) is 0 Å². The Hall–Kier alpha value is -2.91. The van der Waals surface area contributed by atoms with E-state index in [1.807, 2.05) is 41.0 Å². The van der Waals surface area contributed by atoms with Crippen LogP contribution in [0.5, 0.6) is 0 Å². The van der Waals surface area contributed by atoms with Crippen LogP contribution in [0.1, 0.15) is 55.2 Å². The smallest absolute Gasteiger partial charge is 0.123 e. The maximum Gasteiger partial charge on any atom is 0.123 e. The van der Waals surface area contributed by atoms with E-state index in [0.717, 1.165) is 49.8 Å². The van der Waals surface area contributed by atoms with Crippen molar-refractivity contribution in [3.8, 4) is 23.7 Å². The van der Waals surface area contributed by atoms with Crippen molar-refractivity contribution in [2.45, 2.75) is 118 Å². The second kappa shape index (κ2) is 16.2. The Morgan fingerprint density at radius 3 is 1.19 bits per heavy atom. The van der Waals surface area contributed by atoms with Gasteiger partial charge in [-0.2, -0.15) is 0 Å². The molecule has 2 aromatic rings. The molecule has 10 nitrogen and oxygen atoms in total. The number of aryl methyl sites for hydroxylation is 1. The first kappa shape index (κ1) is 36.4. The fraction of sp³-hybridized carbons (Fsp3) is 0.568. The van der Waals surface area contributed by atoms with Crippen LogP contribution in [0.15, 0.2) is 48.5 Å². The Kier molecular flexibility index (Phi) is 12.3. The van der Waals surface area contributed by atoms with Crippen molar-refractivity contribution in [1.29, 1.82) is 0 Å². The molecule has 8 N–H and O–H groups in total. The molecule has 0 aromatic heterocycles. The number of benzene rings is 2. The number of aliphatic hydroxyl groups is 8. The standard InChI is InChI=1S/C19H25NO4.C18H22FNO4/c1-12-7-9-13(10-8-12)6-4-2-3-5-11-20-14-15(20)17(22)19(24)18(23)16(14)21;19-12-8-6-11(7-9-12)5-3-1-2-4-10-20-13-14(20)16(22)18(24)17(23)15(13)21/h7-10,14-19,21-24H,2-3,5,11H2,1H3;6-9,13-18,21-24H,1-2,4,10H2/t14-,15+,16-,17-,18+,19+,20?;13-,14+,15-,16-,17+,18+,20?/m10/s1. The summed E-state index contributed by atoms with van der Waals surface area (Å²) in [5.41, 5.74) is 3.02. The van der Waals surface area contributed by atoms with Crippen molar-refractivity contribution in [2.75, 3.05) is 13.1 Å². The van der Waals surface area contributed by atoms with E-state index in [9.17, 15) is 45.2 Å². The normalized spacial score (nSPS) is 37.3. The van der Waals surface area contributed by atoms with Crippen LogP contribution in [0.4, 0.5) is 4.39 Å². The fourth-order valence-corrected chi connectivity index (χ4v) is 6.96. The molecule has 2 unspecified atom stereocenters. The van der Waals surface area contributed by atoms with Crippen molar-refractivity contribution in [2.24, 2.45) is 0 Å². The number of nitrogens with zero attached hydrogens (tertiary/aromatic N) is 2. The highest BCUT2D eigenvalue weighted by Crippen LogP contribution is 2.42. The van der Waals surface area contributed by atoms with Crippen molar-refractivity contribution in [1.82, 2.24) is 9.80 Å². The number of aliphatic hydroxyl groups excluding tert-OH is 8. The van der Waals surface area contributed by atoms with Gasteiger partial charge in [-0.25, -0.2) is 4.39 Å². The third-order valence-corrected chi connectivity index (χ3v) is 9.85. The van der Waals surface area contributed by atoms with Crippen LogP contribution in [0.2, 0.25) is 0 Å². The Morgan fingerprint density at radius 2 is 0.833 bits per heavy atom. The van der Waals surface area contributed by atoms with E-state index in [1.54, 1.807) is 12.1 Å². The van der Waals surface area contributed by atoms with E-state index in [0.29, 0.717) is 13.0 Å². The molecule has 2 aliphatic heterocycles. The van der Waals surface area contributed by atoms with Gasteiger partial charge in [-0.05, 0) is 82.1 Å². The zero-order valence-electron chi connectivity index (χ0n) is 27.1. The van der Waals surface area contributed by atoms with Gasteiger partial charge in [0.25, 0.3) is 0 Å². The molecule has 2 saturated heterocycles. The van der Waals surface area contributed by atoms with Gasteiger partial charge in [0.15, 0.2) is 0 Å². The lowest BCUT2D eigenvalue weighted by molar-refractivity contribution is -0.121. The van der Waals surface area contributed by atoms with Gasteiger partial charge in [0, 0.05) is 24.0 Å². The first-order chi connectivity index (χ1) is 23.0. The SMILES string of the molecule is Cc1ccc(C#CCCCCN2[C@@H]3[C@@H](O)[C@H](O)[C@@H](O)[C@H](O)[C@@H]32)cc1.O[C@H]1[C@H](O)[C@@H](O)[C@H]2[C@@H]([C@@H]1O)N2CCCCC#Cc1ccc(F)cc1. The summed E-state index contributed by atoms with van der Waals surface area (Å²) < 4.78 is 12.8. The Labute approximate surface area is 281 Å². The minimum absolute atomic E-state index is 0.239. The largest absolute Gasteiger partial charge is 0.389 e. The van der Waals surface area contributed by atoms with Gasteiger partial charge in [-0.3, -0.25) is 9.80 Å². The molecule has 14 atom stereocenters. The van der Waals surface area contributed by atoms with Crippen molar-refractivity contribution >= 4 is 0 Å². The van der Waals surface area contributed by atoms with Gasteiger partial charge in [0.1, 0.15) is 30.2 Å². The number of halogens is 1. The van der Waals surface area contributed by atoms with Crippen molar-refractivity contribution in [3.05, 3.63) is 71.0 Å². The van der Waals surface area contributed by atoms with E-state index in [-0.39, 0.29) is 30.0 Å². The van der Waals surface area contributed by atoms with Gasteiger partial charge in [0.05, 0.1) is 48.6 Å². The van der Waals surface area contributed by atoms with Crippen molar-refractivity contribution < 1.29 is 45.2 Å². The molecule has 11 heteroatoms. The second-order valence-electron chi connectivity index (χ2n) is 13.3. The predicted octanol–water partition coefficient (Wildman–Crippen LogP) is -0.116. The average molecular weight is 667 g/mol. The molecular weight excluding hydrogens is 619 g/mol. The van der Waals surface area contributed by atoms with Crippen LogP contribution < -0.4 is 0 Å². The third kappa shape index (κ3) is 8.44. The summed E-state index contributed by atoms with van der Waals surface area (Å²) in [6.07, 6.45) is -4.11. The predicted molar refractivity (Wildman–Crippen MR) is 176 cm³/mol. The summed E-state index contributed by atoms with van der Waals surface area (Å²) in [6.45, 7) is 3.46. The van der Waals surface area contributed by atoms with Crippen LogP contribution in [0.3, 0.4) is 0 Å². The molecule has 4 fully saturated rings. The lowest BCUT2D eigenvalue weighted by Crippen LogP contribution is -2.53. The number of unbranched alkanes of at least 4 members (excludes halogenated alkanes) is 4. The molecule has 2 saturated carbocycles. The summed E-state index contributed by atoms with van der Waals surface area (Å²) in [5.74, 6) is 12.0. The number of fused-ring (bicyclic) bond motifs is 2. The number of hydrogen-bond donors (Lipinski definition) is 8. The Balaban J connectivity index is 0.000000188. The van der Waals surface area contributed by atoms with Crippen LogP contribution >= 0.6 is 0 Å². The highest BCUT2D eigenvalue weighted by molar-refractivity contribution is 5.36. The van der Waals surface area contributed by atoms with Crippen LogP contribution in [0, 0.1) is 36.4 Å². The van der Waals surface area contributed by atoms with Gasteiger partial charge in [0.2, 0.25) is 0 Å². The molecular formula is C37H47FN2O8. The van der Waals surface area contributed by atoms with E-state index >= 15 is 0 Å². The second-order valence-corrected chi connectivity index (χ2v) is 13.3. The molecule has 4 aliphatic rings. The number of rotatable bonds is 8. The van der Waals surface area contributed by atoms with E-state index in [2.05, 4.69) is 23.7 Å². The highest BCUT2D eigenvalue weighted by Gasteiger charge is 2.64. The molecule has 0 amide bonds. The summed E-state index contributed by atoms with van der Waals surface area (Å²) in [6, 6.07) is 13.1. The molecule has 2 heterocycles. The van der Waals surface area contributed by atoms with Gasteiger partial charge < -0.3 is 40.9 Å². The first-order valence-corrected chi connectivity index (χ1v) is 16.8. The molecule has 6 rings (SSSR count). The minimum atomic E-state index is -1.30. The number of likely N-dealkylation sites (tertiary alicyclic amines) is 2. The minimum Gasteiger partial charge on any atom is -0.389 e. The third-order valence-electron chi connectivity index (χ3n) is 9.85. The summed E-state index contributed by atoms with van der Waals surface area (Å²) in [5, 5.41) is 78.5. The maximum absolute atomic E-state index is 12.8. The van der Waals surface area contributed by atoms with E-state index in [4.69, 9.17) is 0 Å². The molecule has 0 radical (unpaired) electrons. The lowest BCUT2D eigenvalue weighted by atomic mass is 9.90. The van der Waals surface area contributed by atoms with Gasteiger partial charge in [-0.15, -0.1) is 0 Å². The Bertz CT molecular complexity index is 1320. The van der Waals surface area contributed by atoms with E-state index in [1.165, 1.54) is 17.7 Å². The van der Waals surface area contributed by atoms with Crippen LogP contribution in [-0.4, -0.2) is 137 Å². The van der Waals surface area contributed by atoms with Gasteiger partial charge in [-0.1, -0.05) is 41.4 Å². The summed E-state index contributed by atoms with van der Waals surface area (Å²) in [4.78, 5) is 3.88. The maximum atomic E-state index is 12.8. The molecule has 260 valence electrons. The molecule has 2 aromatic carbocycles.